The van der Waals surface area contributed by atoms with Crippen molar-refractivity contribution in [2.45, 2.75) is 26.2 Å². The molecule has 1 N–H and O–H groups in total. The van der Waals surface area contributed by atoms with Gasteiger partial charge >= 0.3 is 5.88 Å². The largest absolute Gasteiger partial charge is 0.484 e. The van der Waals surface area contributed by atoms with Crippen molar-refractivity contribution in [2.75, 3.05) is 6.61 Å². The molecule has 2 rings (SSSR count). The molecule has 8 nitrogen and oxygen atoms in total. The Morgan fingerprint density at radius 3 is 2.68 bits per heavy atom. The highest BCUT2D eigenvalue weighted by atomic mass is 16.6. The van der Waals surface area contributed by atoms with Crippen LogP contribution in [0.15, 0.2) is 45.9 Å². The third kappa shape index (κ3) is 5.45. The molecular formula is C17H19N3O5. The molecule has 1 aromatic heterocycles. The van der Waals surface area contributed by atoms with Crippen LogP contribution in [0.3, 0.4) is 0 Å². The zero-order valence-electron chi connectivity index (χ0n) is 14.0. The number of hydrogen-bond acceptors (Lipinski definition) is 6. The van der Waals surface area contributed by atoms with E-state index in [0.29, 0.717) is 11.7 Å². The summed E-state index contributed by atoms with van der Waals surface area (Å²) < 4.78 is 10.2. The number of amides is 1. The van der Waals surface area contributed by atoms with E-state index in [4.69, 9.17) is 9.15 Å². The number of carbonyl (C=O) groups is 1. The van der Waals surface area contributed by atoms with Crippen molar-refractivity contribution in [3.05, 3.63) is 57.8 Å². The summed E-state index contributed by atoms with van der Waals surface area (Å²) in [5.74, 6) is 0.380. The summed E-state index contributed by atoms with van der Waals surface area (Å²) in [6.45, 7) is 4.08. The first kappa shape index (κ1) is 18.2. The fourth-order valence-corrected chi connectivity index (χ4v) is 1.99. The average molecular weight is 345 g/mol. The molecule has 1 aromatic carbocycles. The maximum Gasteiger partial charge on any atom is 0.433 e. The summed E-state index contributed by atoms with van der Waals surface area (Å²) in [5.41, 5.74) is 3.47. The van der Waals surface area contributed by atoms with E-state index in [-0.39, 0.29) is 12.4 Å². The minimum Gasteiger partial charge on any atom is -0.484 e. The van der Waals surface area contributed by atoms with Gasteiger partial charge in [0.2, 0.25) is 0 Å². The SMILES string of the molecule is CCC(C)c1ccc(OCC(=O)NN=Cc2ccc([N+](=O)[O-])o2)cc1. The first-order valence-corrected chi connectivity index (χ1v) is 7.78. The fourth-order valence-electron chi connectivity index (χ4n) is 1.99. The number of nitro groups is 1. The van der Waals surface area contributed by atoms with E-state index in [1.807, 2.05) is 24.3 Å². The second-order valence-corrected chi connectivity index (χ2v) is 5.39. The Morgan fingerprint density at radius 1 is 1.36 bits per heavy atom. The number of hydrazone groups is 1. The van der Waals surface area contributed by atoms with Crippen molar-refractivity contribution in [2.24, 2.45) is 5.10 Å². The second-order valence-electron chi connectivity index (χ2n) is 5.39. The monoisotopic (exact) mass is 345 g/mol. The standard InChI is InChI=1S/C17H19N3O5/c1-3-12(2)13-4-6-14(7-5-13)24-11-16(21)19-18-10-15-8-9-17(25-15)20(22)23/h4-10,12H,3,11H2,1-2H3,(H,19,21). The molecule has 1 heterocycles. The minimum atomic E-state index is -0.656. The van der Waals surface area contributed by atoms with E-state index in [9.17, 15) is 14.9 Å². The Labute approximate surface area is 144 Å². The Bertz CT molecular complexity index is 752. The van der Waals surface area contributed by atoms with Gasteiger partial charge in [0.25, 0.3) is 5.91 Å². The Balaban J connectivity index is 1.78. The van der Waals surface area contributed by atoms with Gasteiger partial charge in [0, 0.05) is 0 Å². The van der Waals surface area contributed by atoms with Gasteiger partial charge in [-0.15, -0.1) is 0 Å². The maximum atomic E-state index is 11.7. The molecule has 2 aromatic rings. The molecule has 0 saturated carbocycles. The first-order chi connectivity index (χ1) is 12.0. The van der Waals surface area contributed by atoms with Gasteiger partial charge in [-0.2, -0.15) is 5.10 Å². The van der Waals surface area contributed by atoms with Crippen LogP contribution in [0.4, 0.5) is 5.88 Å². The van der Waals surface area contributed by atoms with Crippen LogP contribution in [-0.4, -0.2) is 23.7 Å². The molecular weight excluding hydrogens is 326 g/mol. The number of nitrogens with one attached hydrogen (secondary N) is 1. The zero-order valence-corrected chi connectivity index (χ0v) is 14.0. The molecule has 132 valence electrons. The van der Waals surface area contributed by atoms with Crippen LogP contribution in [0.5, 0.6) is 5.75 Å². The highest BCUT2D eigenvalue weighted by molar-refractivity contribution is 5.81. The summed E-state index contributed by atoms with van der Waals surface area (Å²) in [6, 6.07) is 10.2. The summed E-state index contributed by atoms with van der Waals surface area (Å²) in [4.78, 5) is 21.5. The second kappa shape index (κ2) is 8.62. The molecule has 25 heavy (non-hydrogen) atoms. The van der Waals surface area contributed by atoms with Crippen molar-refractivity contribution in [3.63, 3.8) is 0 Å². The molecule has 0 aliphatic heterocycles. The fraction of sp³-hybridized carbons (Fsp3) is 0.294. The van der Waals surface area contributed by atoms with Crippen LogP contribution < -0.4 is 10.2 Å². The molecule has 0 bridgehead atoms. The van der Waals surface area contributed by atoms with Crippen LogP contribution in [0.1, 0.15) is 37.5 Å². The molecule has 8 heteroatoms. The molecule has 1 atom stereocenters. The molecule has 0 saturated heterocycles. The minimum absolute atomic E-state index is 0.161. The number of nitrogens with zero attached hydrogens (tertiary/aromatic N) is 2. The molecule has 0 aliphatic carbocycles. The first-order valence-electron chi connectivity index (χ1n) is 7.78. The van der Waals surface area contributed by atoms with E-state index in [1.165, 1.54) is 23.9 Å². The molecule has 0 spiro atoms. The van der Waals surface area contributed by atoms with Crippen LogP contribution >= 0.6 is 0 Å². The Kier molecular flexibility index (Phi) is 6.27. The van der Waals surface area contributed by atoms with Crippen LogP contribution in [0, 0.1) is 10.1 Å². The van der Waals surface area contributed by atoms with Gasteiger partial charge in [0.15, 0.2) is 12.4 Å². The Hall–Kier alpha value is -3.16. The van der Waals surface area contributed by atoms with Gasteiger partial charge in [0.1, 0.15) is 10.7 Å². The van der Waals surface area contributed by atoms with Gasteiger partial charge in [-0.25, -0.2) is 5.43 Å². The number of hydrogen-bond donors (Lipinski definition) is 1. The number of carbonyl (C=O) groups excluding carboxylic acids is 1. The van der Waals surface area contributed by atoms with Crippen molar-refractivity contribution in [3.8, 4) is 5.75 Å². The topological polar surface area (TPSA) is 107 Å². The summed E-state index contributed by atoms with van der Waals surface area (Å²) in [5, 5.41) is 14.1. The summed E-state index contributed by atoms with van der Waals surface area (Å²) in [6.07, 6.45) is 2.23. The highest BCUT2D eigenvalue weighted by Crippen LogP contribution is 2.21. The lowest BCUT2D eigenvalue weighted by atomic mass is 9.99. The maximum absolute atomic E-state index is 11.7. The van der Waals surface area contributed by atoms with E-state index >= 15 is 0 Å². The molecule has 0 radical (unpaired) electrons. The van der Waals surface area contributed by atoms with Crippen LogP contribution in [-0.2, 0) is 4.79 Å². The van der Waals surface area contributed by atoms with E-state index in [0.717, 1.165) is 6.42 Å². The highest BCUT2D eigenvalue weighted by Gasteiger charge is 2.10. The van der Waals surface area contributed by atoms with Crippen LogP contribution in [0.2, 0.25) is 0 Å². The third-order valence-electron chi connectivity index (χ3n) is 3.61. The lowest BCUT2D eigenvalue weighted by Gasteiger charge is -2.10. The van der Waals surface area contributed by atoms with Gasteiger partial charge in [-0.05, 0) is 36.1 Å². The van der Waals surface area contributed by atoms with E-state index in [2.05, 4.69) is 24.4 Å². The van der Waals surface area contributed by atoms with Gasteiger partial charge in [-0.3, -0.25) is 14.9 Å². The zero-order chi connectivity index (χ0) is 18.2. The number of benzene rings is 1. The van der Waals surface area contributed by atoms with Gasteiger partial charge < -0.3 is 9.15 Å². The normalized spacial score (nSPS) is 12.1. The van der Waals surface area contributed by atoms with Crippen molar-refractivity contribution >= 4 is 18.0 Å². The van der Waals surface area contributed by atoms with E-state index < -0.39 is 16.7 Å². The predicted molar refractivity (Wildman–Crippen MR) is 91.7 cm³/mol. The number of rotatable bonds is 8. The Morgan fingerprint density at radius 2 is 2.08 bits per heavy atom. The van der Waals surface area contributed by atoms with Gasteiger partial charge in [0.05, 0.1) is 12.3 Å². The molecule has 0 fully saturated rings. The predicted octanol–water partition coefficient (Wildman–Crippen LogP) is 3.23. The van der Waals surface area contributed by atoms with E-state index in [1.54, 1.807) is 0 Å². The smallest absolute Gasteiger partial charge is 0.433 e. The number of furan rings is 1. The van der Waals surface area contributed by atoms with Crippen molar-refractivity contribution in [1.29, 1.82) is 0 Å². The van der Waals surface area contributed by atoms with Crippen molar-refractivity contribution in [1.82, 2.24) is 5.43 Å². The lowest BCUT2D eigenvalue weighted by Crippen LogP contribution is -2.24. The quantitative estimate of drug-likeness (QED) is 0.449. The lowest BCUT2D eigenvalue weighted by molar-refractivity contribution is -0.402. The molecule has 1 unspecified atom stereocenters. The summed E-state index contributed by atoms with van der Waals surface area (Å²) >= 11 is 0. The van der Waals surface area contributed by atoms with Crippen LogP contribution in [0.25, 0.3) is 0 Å². The van der Waals surface area contributed by atoms with Gasteiger partial charge in [-0.1, -0.05) is 26.0 Å². The number of ether oxygens (including phenoxy) is 1. The molecule has 1 amide bonds. The molecule has 0 aliphatic rings. The summed E-state index contributed by atoms with van der Waals surface area (Å²) in [7, 11) is 0. The van der Waals surface area contributed by atoms with Crippen molar-refractivity contribution < 1.29 is 18.9 Å². The average Bonchev–Trinajstić information content (AvgIpc) is 3.09. The third-order valence-corrected chi connectivity index (χ3v) is 3.61.